The lowest BCUT2D eigenvalue weighted by Crippen LogP contribution is -2.16. The second-order valence-corrected chi connectivity index (χ2v) is 8.35. The summed E-state index contributed by atoms with van der Waals surface area (Å²) in [5.41, 5.74) is 3.96. The predicted octanol–water partition coefficient (Wildman–Crippen LogP) is 5.08. The molecule has 37 heavy (non-hydrogen) atoms. The van der Waals surface area contributed by atoms with E-state index in [9.17, 15) is 13.2 Å². The lowest BCUT2D eigenvalue weighted by molar-refractivity contribution is -0.274. The zero-order valence-electron chi connectivity index (χ0n) is 19.8. The highest BCUT2D eigenvalue weighted by molar-refractivity contribution is 5.58. The summed E-state index contributed by atoms with van der Waals surface area (Å²) in [4.78, 5) is 8.82. The number of rotatable bonds is 9. The van der Waals surface area contributed by atoms with Crippen LogP contribution in [0.15, 0.2) is 71.6 Å². The average molecular weight is 509 g/mol. The van der Waals surface area contributed by atoms with Gasteiger partial charge in [0.05, 0.1) is 6.54 Å². The number of nitrogens with zero attached hydrogens (tertiary/aromatic N) is 7. The molecule has 0 bridgehead atoms. The molecule has 190 valence electrons. The number of hydrogen-bond donors (Lipinski definition) is 0. The first-order valence-corrected chi connectivity index (χ1v) is 11.5. The highest BCUT2D eigenvalue weighted by Gasteiger charge is 2.31. The minimum atomic E-state index is -4.75. The van der Waals surface area contributed by atoms with Crippen LogP contribution in [0.4, 0.5) is 13.2 Å². The van der Waals surface area contributed by atoms with Crippen molar-refractivity contribution in [3.8, 4) is 28.7 Å². The van der Waals surface area contributed by atoms with Gasteiger partial charge in [0, 0.05) is 42.1 Å². The third kappa shape index (κ3) is 6.21. The first-order chi connectivity index (χ1) is 17.8. The van der Waals surface area contributed by atoms with Gasteiger partial charge >= 0.3 is 6.36 Å². The molecule has 0 atom stereocenters. The molecular weight excluding hydrogens is 487 g/mol. The van der Waals surface area contributed by atoms with Crippen LogP contribution >= 0.6 is 0 Å². The fraction of sp³-hybridized carbons (Fsp3) is 0.240. The molecule has 0 aliphatic heterocycles. The average Bonchev–Trinajstić information content (AvgIpc) is 3.61. The van der Waals surface area contributed by atoms with Crippen LogP contribution < -0.4 is 4.74 Å². The molecular formula is C25H22F3N7O2. The maximum atomic E-state index is 12.4. The monoisotopic (exact) mass is 509 g/mol. The Hall–Kier alpha value is -4.48. The molecule has 0 N–H and O–H groups in total. The SMILES string of the molecule is Cc1cc(-c2nc(-c3ccc(OC(F)(F)F)cc3)no2)nn1Cc1ccnc(CCCn2cccn2)c1. The summed E-state index contributed by atoms with van der Waals surface area (Å²) in [7, 11) is 0. The maximum Gasteiger partial charge on any atom is 0.573 e. The Labute approximate surface area is 209 Å². The zero-order valence-corrected chi connectivity index (χ0v) is 19.8. The largest absolute Gasteiger partial charge is 0.573 e. The van der Waals surface area contributed by atoms with Crippen LogP contribution in [0.25, 0.3) is 23.0 Å². The fourth-order valence-electron chi connectivity index (χ4n) is 3.82. The van der Waals surface area contributed by atoms with Crippen molar-refractivity contribution in [3.63, 3.8) is 0 Å². The van der Waals surface area contributed by atoms with Gasteiger partial charge in [-0.15, -0.1) is 13.2 Å². The third-order valence-corrected chi connectivity index (χ3v) is 5.57. The highest BCUT2D eigenvalue weighted by Crippen LogP contribution is 2.27. The first-order valence-electron chi connectivity index (χ1n) is 11.5. The first kappa shape index (κ1) is 24.2. The van der Waals surface area contributed by atoms with E-state index >= 15 is 0 Å². The molecule has 0 aliphatic rings. The molecule has 4 heterocycles. The van der Waals surface area contributed by atoms with Crippen molar-refractivity contribution < 1.29 is 22.4 Å². The van der Waals surface area contributed by atoms with E-state index < -0.39 is 6.36 Å². The van der Waals surface area contributed by atoms with E-state index in [1.165, 1.54) is 24.3 Å². The van der Waals surface area contributed by atoms with E-state index in [0.29, 0.717) is 17.8 Å². The van der Waals surface area contributed by atoms with Crippen LogP contribution in [0.2, 0.25) is 0 Å². The summed E-state index contributed by atoms with van der Waals surface area (Å²) in [6, 6.07) is 13.0. The summed E-state index contributed by atoms with van der Waals surface area (Å²) < 4.78 is 50.1. The zero-order chi connectivity index (χ0) is 25.8. The van der Waals surface area contributed by atoms with Crippen LogP contribution in [-0.4, -0.2) is 41.0 Å². The molecule has 0 saturated heterocycles. The van der Waals surface area contributed by atoms with Crippen LogP contribution in [0.5, 0.6) is 5.75 Å². The molecule has 12 heteroatoms. The summed E-state index contributed by atoms with van der Waals surface area (Å²) in [5.74, 6) is 0.114. The van der Waals surface area contributed by atoms with Gasteiger partial charge in [-0.1, -0.05) is 5.16 Å². The van der Waals surface area contributed by atoms with Gasteiger partial charge in [0.15, 0.2) is 5.69 Å². The van der Waals surface area contributed by atoms with E-state index in [1.807, 2.05) is 40.7 Å². The number of aromatic nitrogens is 7. The molecule has 0 aliphatic carbocycles. The number of alkyl halides is 3. The lowest BCUT2D eigenvalue weighted by atomic mass is 10.1. The minimum absolute atomic E-state index is 0.210. The molecule has 0 spiro atoms. The highest BCUT2D eigenvalue weighted by atomic mass is 19.4. The van der Waals surface area contributed by atoms with Crippen molar-refractivity contribution in [1.82, 2.24) is 34.7 Å². The normalized spacial score (nSPS) is 11.7. The lowest BCUT2D eigenvalue weighted by Gasteiger charge is -2.08. The molecule has 0 unspecified atom stereocenters. The number of halogens is 3. The molecule has 4 aromatic heterocycles. The molecule has 0 fully saturated rings. The van der Waals surface area contributed by atoms with Gasteiger partial charge in [0.1, 0.15) is 5.75 Å². The number of benzene rings is 1. The van der Waals surface area contributed by atoms with Gasteiger partial charge in [0.2, 0.25) is 5.82 Å². The van der Waals surface area contributed by atoms with Gasteiger partial charge in [0.25, 0.3) is 5.89 Å². The number of ether oxygens (including phenoxy) is 1. The Morgan fingerprint density at radius 2 is 1.89 bits per heavy atom. The van der Waals surface area contributed by atoms with Crippen LogP contribution in [-0.2, 0) is 19.5 Å². The Morgan fingerprint density at radius 3 is 2.65 bits per heavy atom. The van der Waals surface area contributed by atoms with Crippen LogP contribution in [0, 0.1) is 6.92 Å². The van der Waals surface area contributed by atoms with E-state index in [1.54, 1.807) is 12.4 Å². The second kappa shape index (κ2) is 10.2. The quantitative estimate of drug-likeness (QED) is 0.273. The molecule has 9 nitrogen and oxygen atoms in total. The standard InChI is InChI=1S/C25H22F3N7O2/c1-17-14-22(24-31-23(33-37-24)19-5-7-21(8-6-19)36-25(26,27)28)32-35(17)16-18-9-11-29-20(15-18)4-2-12-34-13-3-10-30-34/h3,5-11,13-15H,2,4,12,16H2,1H3. The number of aryl methyl sites for hydroxylation is 3. The topological polar surface area (TPSA) is 96.7 Å². The Kier molecular flexibility index (Phi) is 6.71. The van der Waals surface area contributed by atoms with E-state index in [-0.39, 0.29) is 17.5 Å². The molecule has 5 rings (SSSR count). The fourth-order valence-corrected chi connectivity index (χ4v) is 3.82. The number of hydrogen-bond acceptors (Lipinski definition) is 7. The van der Waals surface area contributed by atoms with Gasteiger partial charge in [-0.2, -0.15) is 15.2 Å². The van der Waals surface area contributed by atoms with Crippen LogP contribution in [0.1, 0.15) is 23.4 Å². The minimum Gasteiger partial charge on any atom is -0.406 e. The van der Waals surface area contributed by atoms with E-state index in [0.717, 1.165) is 36.3 Å². The summed E-state index contributed by atoms with van der Waals surface area (Å²) in [6.07, 6.45) is 2.52. The second-order valence-electron chi connectivity index (χ2n) is 8.35. The smallest absolute Gasteiger partial charge is 0.406 e. The molecule has 0 amide bonds. The van der Waals surface area contributed by atoms with Gasteiger partial charge in [-0.25, -0.2) is 0 Å². The van der Waals surface area contributed by atoms with Gasteiger partial charge in [-0.05, 0) is 73.9 Å². The van der Waals surface area contributed by atoms with E-state index in [2.05, 4.69) is 36.1 Å². The molecule has 1 aromatic carbocycles. The van der Waals surface area contributed by atoms with Crippen molar-refractivity contribution in [2.24, 2.45) is 0 Å². The van der Waals surface area contributed by atoms with Crippen molar-refractivity contribution >= 4 is 0 Å². The Bertz CT molecular complexity index is 1460. The van der Waals surface area contributed by atoms with Crippen molar-refractivity contribution in [1.29, 1.82) is 0 Å². The van der Waals surface area contributed by atoms with Crippen molar-refractivity contribution in [2.45, 2.75) is 39.2 Å². The third-order valence-electron chi connectivity index (χ3n) is 5.57. The Balaban J connectivity index is 1.24. The predicted molar refractivity (Wildman–Crippen MR) is 126 cm³/mol. The van der Waals surface area contributed by atoms with Gasteiger partial charge < -0.3 is 9.26 Å². The molecule has 5 aromatic rings. The summed E-state index contributed by atoms with van der Waals surface area (Å²) in [5, 5.41) is 12.8. The summed E-state index contributed by atoms with van der Waals surface area (Å²) >= 11 is 0. The van der Waals surface area contributed by atoms with Crippen molar-refractivity contribution in [3.05, 3.63) is 84.1 Å². The van der Waals surface area contributed by atoms with E-state index in [4.69, 9.17) is 4.52 Å². The van der Waals surface area contributed by atoms with Gasteiger partial charge in [-0.3, -0.25) is 14.3 Å². The molecule has 0 saturated carbocycles. The summed E-state index contributed by atoms with van der Waals surface area (Å²) in [6.45, 7) is 3.31. The Morgan fingerprint density at radius 1 is 1.05 bits per heavy atom. The van der Waals surface area contributed by atoms with Crippen LogP contribution in [0.3, 0.4) is 0 Å². The molecule has 0 radical (unpaired) electrons. The maximum absolute atomic E-state index is 12.4. The van der Waals surface area contributed by atoms with Crippen molar-refractivity contribution in [2.75, 3.05) is 0 Å². The number of pyridine rings is 1.